The third kappa shape index (κ3) is 3.98. The quantitative estimate of drug-likeness (QED) is 0.890. The van der Waals surface area contributed by atoms with Crippen LogP contribution < -0.4 is 5.32 Å². The van der Waals surface area contributed by atoms with Crippen LogP contribution in [-0.4, -0.2) is 30.6 Å². The maximum absolute atomic E-state index is 12.0. The highest BCUT2D eigenvalue weighted by Gasteiger charge is 2.19. The van der Waals surface area contributed by atoms with E-state index in [-0.39, 0.29) is 6.03 Å². The van der Waals surface area contributed by atoms with Gasteiger partial charge in [-0.25, -0.2) is 4.79 Å². The van der Waals surface area contributed by atoms with Crippen LogP contribution >= 0.6 is 0 Å². The molecule has 0 aliphatic carbocycles. The Morgan fingerprint density at radius 2 is 2.00 bits per heavy atom. The van der Waals surface area contributed by atoms with Crippen molar-refractivity contribution in [3.05, 3.63) is 35.4 Å². The Labute approximate surface area is 116 Å². The number of urea groups is 1. The molecule has 0 spiro atoms. The standard InChI is InChI=1S/C16H24N2O/c1-13-8-11-18(12-9-13)16(19)17-10-7-15-6-4-3-5-14(15)2/h3-6,13H,7-12H2,1-2H3,(H,17,19). The molecule has 1 fully saturated rings. The van der Waals surface area contributed by atoms with Gasteiger partial charge in [0.05, 0.1) is 0 Å². The van der Waals surface area contributed by atoms with Crippen molar-refractivity contribution in [2.45, 2.75) is 33.1 Å². The van der Waals surface area contributed by atoms with Crippen molar-refractivity contribution >= 4 is 6.03 Å². The van der Waals surface area contributed by atoms with Crippen molar-refractivity contribution < 1.29 is 4.79 Å². The van der Waals surface area contributed by atoms with Crippen LogP contribution in [0.4, 0.5) is 4.79 Å². The molecule has 19 heavy (non-hydrogen) atoms. The van der Waals surface area contributed by atoms with Crippen molar-refractivity contribution in [3.63, 3.8) is 0 Å². The molecule has 1 aliphatic heterocycles. The fourth-order valence-corrected chi connectivity index (χ4v) is 2.52. The maximum Gasteiger partial charge on any atom is 0.317 e. The normalized spacial score (nSPS) is 16.4. The average molecular weight is 260 g/mol. The molecule has 0 radical (unpaired) electrons. The zero-order valence-electron chi connectivity index (χ0n) is 12.0. The first-order valence-corrected chi connectivity index (χ1v) is 7.24. The number of aryl methyl sites for hydroxylation is 1. The molecule has 3 nitrogen and oxygen atoms in total. The number of rotatable bonds is 3. The summed E-state index contributed by atoms with van der Waals surface area (Å²) in [5.74, 6) is 0.760. The van der Waals surface area contributed by atoms with Crippen LogP contribution in [0.3, 0.4) is 0 Å². The predicted octanol–water partition coefficient (Wildman–Crippen LogP) is 2.98. The fraction of sp³-hybridized carbons (Fsp3) is 0.562. The van der Waals surface area contributed by atoms with Gasteiger partial charge in [0.1, 0.15) is 0 Å². The molecule has 1 aliphatic rings. The van der Waals surface area contributed by atoms with Crippen LogP contribution in [0.2, 0.25) is 0 Å². The number of nitrogens with one attached hydrogen (secondary N) is 1. The van der Waals surface area contributed by atoms with Gasteiger partial charge in [-0.3, -0.25) is 0 Å². The Balaban J connectivity index is 1.74. The summed E-state index contributed by atoms with van der Waals surface area (Å²) >= 11 is 0. The van der Waals surface area contributed by atoms with E-state index in [0.717, 1.165) is 44.8 Å². The lowest BCUT2D eigenvalue weighted by Gasteiger charge is -2.30. The van der Waals surface area contributed by atoms with Gasteiger partial charge in [-0.15, -0.1) is 0 Å². The second-order valence-electron chi connectivity index (χ2n) is 5.58. The van der Waals surface area contributed by atoms with E-state index in [9.17, 15) is 4.79 Å². The van der Waals surface area contributed by atoms with Crippen LogP contribution in [0.25, 0.3) is 0 Å². The van der Waals surface area contributed by atoms with Gasteiger partial charge in [0.25, 0.3) is 0 Å². The van der Waals surface area contributed by atoms with Gasteiger partial charge < -0.3 is 10.2 Å². The van der Waals surface area contributed by atoms with Crippen LogP contribution in [0, 0.1) is 12.8 Å². The van der Waals surface area contributed by atoms with E-state index < -0.39 is 0 Å². The lowest BCUT2D eigenvalue weighted by molar-refractivity contribution is 0.174. The van der Waals surface area contributed by atoms with Crippen molar-refractivity contribution in [2.24, 2.45) is 5.92 Å². The summed E-state index contributed by atoms with van der Waals surface area (Å²) in [7, 11) is 0. The summed E-state index contributed by atoms with van der Waals surface area (Å²) in [4.78, 5) is 13.9. The highest BCUT2D eigenvalue weighted by Crippen LogP contribution is 2.15. The Morgan fingerprint density at radius 3 is 2.68 bits per heavy atom. The molecule has 2 amide bonds. The largest absolute Gasteiger partial charge is 0.338 e. The van der Waals surface area contributed by atoms with E-state index in [1.807, 2.05) is 11.0 Å². The molecule has 104 valence electrons. The Bertz CT molecular complexity index is 423. The van der Waals surface area contributed by atoms with Crippen molar-refractivity contribution in [3.8, 4) is 0 Å². The molecular formula is C16H24N2O. The first-order chi connectivity index (χ1) is 9.16. The van der Waals surface area contributed by atoms with E-state index in [1.54, 1.807) is 0 Å². The van der Waals surface area contributed by atoms with Crippen molar-refractivity contribution in [1.29, 1.82) is 0 Å². The monoisotopic (exact) mass is 260 g/mol. The Morgan fingerprint density at radius 1 is 1.32 bits per heavy atom. The molecule has 0 unspecified atom stereocenters. The second-order valence-corrected chi connectivity index (χ2v) is 5.58. The van der Waals surface area contributed by atoms with Gasteiger partial charge in [-0.1, -0.05) is 31.2 Å². The molecule has 0 saturated carbocycles. The molecule has 1 N–H and O–H groups in total. The number of amides is 2. The highest BCUT2D eigenvalue weighted by molar-refractivity contribution is 5.74. The van der Waals surface area contributed by atoms with E-state index in [4.69, 9.17) is 0 Å². The number of carbonyl (C=O) groups is 1. The summed E-state index contributed by atoms with van der Waals surface area (Å²) in [6.07, 6.45) is 3.17. The summed E-state index contributed by atoms with van der Waals surface area (Å²) < 4.78 is 0. The number of carbonyl (C=O) groups excluding carboxylic acids is 1. The van der Waals surface area contributed by atoms with Gasteiger partial charge >= 0.3 is 6.03 Å². The lowest BCUT2D eigenvalue weighted by Crippen LogP contribution is -2.44. The van der Waals surface area contributed by atoms with Crippen molar-refractivity contribution in [1.82, 2.24) is 10.2 Å². The van der Waals surface area contributed by atoms with E-state index in [1.165, 1.54) is 11.1 Å². The zero-order valence-corrected chi connectivity index (χ0v) is 12.0. The Kier molecular flexibility index (Phi) is 4.83. The van der Waals surface area contributed by atoms with E-state index >= 15 is 0 Å². The molecule has 3 heteroatoms. The molecule has 0 bridgehead atoms. The SMILES string of the molecule is Cc1ccccc1CCNC(=O)N1CCC(C)CC1. The van der Waals surface area contributed by atoms with Gasteiger partial charge in [0, 0.05) is 19.6 Å². The summed E-state index contributed by atoms with van der Waals surface area (Å²) in [6.45, 7) is 6.89. The molecule has 2 rings (SSSR count). The third-order valence-corrected chi connectivity index (χ3v) is 4.00. The van der Waals surface area contributed by atoms with Gasteiger partial charge in [0.2, 0.25) is 0 Å². The molecule has 0 atom stereocenters. The number of hydrogen-bond acceptors (Lipinski definition) is 1. The first kappa shape index (κ1) is 13.9. The molecular weight excluding hydrogens is 236 g/mol. The number of hydrogen-bond donors (Lipinski definition) is 1. The zero-order chi connectivity index (χ0) is 13.7. The molecule has 0 aromatic heterocycles. The maximum atomic E-state index is 12.0. The van der Waals surface area contributed by atoms with Gasteiger partial charge in [-0.2, -0.15) is 0 Å². The van der Waals surface area contributed by atoms with Crippen LogP contribution in [0.1, 0.15) is 30.9 Å². The van der Waals surface area contributed by atoms with Crippen LogP contribution in [0.15, 0.2) is 24.3 Å². The average Bonchev–Trinajstić information content (AvgIpc) is 2.41. The number of piperidine rings is 1. The first-order valence-electron chi connectivity index (χ1n) is 7.24. The minimum absolute atomic E-state index is 0.0977. The molecule has 1 aromatic carbocycles. The third-order valence-electron chi connectivity index (χ3n) is 4.00. The topological polar surface area (TPSA) is 32.3 Å². The summed E-state index contributed by atoms with van der Waals surface area (Å²) in [5, 5.41) is 3.03. The fourth-order valence-electron chi connectivity index (χ4n) is 2.52. The highest BCUT2D eigenvalue weighted by atomic mass is 16.2. The van der Waals surface area contributed by atoms with Crippen LogP contribution in [0.5, 0.6) is 0 Å². The number of nitrogens with zero attached hydrogens (tertiary/aromatic N) is 1. The van der Waals surface area contributed by atoms with E-state index in [2.05, 4.69) is 37.4 Å². The number of benzene rings is 1. The van der Waals surface area contributed by atoms with Gasteiger partial charge in [-0.05, 0) is 43.2 Å². The minimum Gasteiger partial charge on any atom is -0.338 e. The molecule has 1 aromatic rings. The molecule has 1 saturated heterocycles. The predicted molar refractivity (Wildman–Crippen MR) is 78.3 cm³/mol. The minimum atomic E-state index is 0.0977. The summed E-state index contributed by atoms with van der Waals surface area (Å²) in [6, 6.07) is 8.44. The van der Waals surface area contributed by atoms with E-state index in [0.29, 0.717) is 0 Å². The van der Waals surface area contributed by atoms with Gasteiger partial charge in [0.15, 0.2) is 0 Å². The smallest absolute Gasteiger partial charge is 0.317 e. The van der Waals surface area contributed by atoms with Crippen LogP contribution in [-0.2, 0) is 6.42 Å². The van der Waals surface area contributed by atoms with Crippen molar-refractivity contribution in [2.75, 3.05) is 19.6 Å². The Hall–Kier alpha value is -1.51. The second kappa shape index (κ2) is 6.60. The summed E-state index contributed by atoms with van der Waals surface area (Å²) in [5.41, 5.74) is 2.61. The molecule has 1 heterocycles. The number of likely N-dealkylation sites (tertiary alicyclic amines) is 1. The lowest BCUT2D eigenvalue weighted by atomic mass is 10.00.